The van der Waals surface area contributed by atoms with Crippen molar-refractivity contribution in [3.05, 3.63) is 36.4 Å². The molecule has 0 spiro atoms. The van der Waals surface area contributed by atoms with Crippen molar-refractivity contribution >= 4 is 16.9 Å². The zero-order valence-corrected chi connectivity index (χ0v) is 9.04. The number of benzene rings is 1. The average Bonchev–Trinajstić information content (AvgIpc) is 2.95. The van der Waals surface area contributed by atoms with E-state index in [9.17, 15) is 9.90 Å². The predicted octanol–water partition coefficient (Wildman–Crippen LogP) is 2.23. The topological polar surface area (TPSA) is 99.3 Å². The Balaban J connectivity index is 2.23. The molecule has 0 bridgehead atoms. The molecule has 0 fully saturated rings. The van der Waals surface area contributed by atoms with Crippen LogP contribution in [0, 0.1) is 0 Å². The number of H-pyrrole nitrogens is 1. The molecule has 3 rings (SSSR count). The Morgan fingerprint density at radius 1 is 1.39 bits per heavy atom. The second-order valence-electron chi connectivity index (χ2n) is 3.76. The van der Waals surface area contributed by atoms with Crippen LogP contribution in [-0.4, -0.2) is 26.2 Å². The van der Waals surface area contributed by atoms with Crippen LogP contribution in [0.15, 0.2) is 35.1 Å². The number of aromatic amines is 1. The molecule has 90 valence electrons. The van der Waals surface area contributed by atoms with Crippen LogP contribution in [-0.2, 0) is 0 Å². The van der Waals surface area contributed by atoms with Gasteiger partial charge in [0.15, 0.2) is 17.8 Å². The minimum Gasteiger partial charge on any atom is -0.507 e. The summed E-state index contributed by atoms with van der Waals surface area (Å²) in [6.07, 6.45) is 1.07. The number of aromatic nitrogens is 2. The van der Waals surface area contributed by atoms with Crippen molar-refractivity contribution in [2.45, 2.75) is 0 Å². The summed E-state index contributed by atoms with van der Waals surface area (Å²) in [5, 5.41) is 19.2. The van der Waals surface area contributed by atoms with Crippen molar-refractivity contribution in [2.24, 2.45) is 0 Å². The Morgan fingerprint density at radius 2 is 2.22 bits per heavy atom. The summed E-state index contributed by atoms with van der Waals surface area (Å²) >= 11 is 0. The molecule has 0 saturated heterocycles. The number of nitrogens with one attached hydrogen (secondary N) is 1. The van der Waals surface area contributed by atoms with Crippen molar-refractivity contribution in [1.29, 1.82) is 0 Å². The summed E-state index contributed by atoms with van der Waals surface area (Å²) < 4.78 is 5.08. The van der Waals surface area contributed by atoms with E-state index in [4.69, 9.17) is 9.52 Å². The molecule has 6 nitrogen and oxygen atoms in total. The van der Waals surface area contributed by atoms with E-state index in [1.165, 1.54) is 0 Å². The summed E-state index contributed by atoms with van der Waals surface area (Å²) in [4.78, 5) is 17.6. The van der Waals surface area contributed by atoms with Gasteiger partial charge in [0.1, 0.15) is 5.75 Å². The maximum absolute atomic E-state index is 11.0. The molecule has 3 N–H and O–H groups in total. The number of carboxylic acids is 1. The molecule has 0 saturated carbocycles. The molecule has 1 aromatic carbocycles. The molecule has 2 heterocycles. The smallest absolute Gasteiger partial charge is 0.358 e. The molecule has 3 aromatic rings. The standard InChI is InChI=1S/C12H8N2O4/c15-9-3-1-2-7-6(9)4-8(14-7)11-10(12(16)17)13-5-18-11/h1-5,14-15H,(H,16,17). The molecular weight excluding hydrogens is 236 g/mol. The van der Waals surface area contributed by atoms with E-state index in [0.29, 0.717) is 16.6 Å². The van der Waals surface area contributed by atoms with Gasteiger partial charge in [0.2, 0.25) is 0 Å². The van der Waals surface area contributed by atoms with Crippen LogP contribution in [0.4, 0.5) is 0 Å². The lowest BCUT2D eigenvalue weighted by Gasteiger charge is -1.92. The van der Waals surface area contributed by atoms with Gasteiger partial charge in [0, 0.05) is 10.9 Å². The van der Waals surface area contributed by atoms with Crippen molar-refractivity contribution in [3.8, 4) is 17.2 Å². The lowest BCUT2D eigenvalue weighted by molar-refractivity contribution is 0.0691. The highest BCUT2D eigenvalue weighted by molar-refractivity contribution is 5.95. The number of aromatic carboxylic acids is 1. The molecule has 0 aliphatic rings. The fourth-order valence-electron chi connectivity index (χ4n) is 1.85. The largest absolute Gasteiger partial charge is 0.507 e. The Hall–Kier alpha value is -2.76. The molecule has 2 aromatic heterocycles. The van der Waals surface area contributed by atoms with Gasteiger partial charge in [-0.2, -0.15) is 0 Å². The molecule has 0 unspecified atom stereocenters. The Morgan fingerprint density at radius 3 is 2.94 bits per heavy atom. The Bertz CT molecular complexity index is 741. The number of aromatic hydroxyl groups is 1. The number of rotatable bonds is 2. The molecule has 6 heteroatoms. The number of hydrogen-bond acceptors (Lipinski definition) is 4. The molecule has 0 aliphatic heterocycles. The van der Waals surface area contributed by atoms with Gasteiger partial charge in [0.05, 0.1) is 5.69 Å². The maximum atomic E-state index is 11.0. The maximum Gasteiger partial charge on any atom is 0.358 e. The number of phenols is 1. The van der Waals surface area contributed by atoms with Gasteiger partial charge in [-0.25, -0.2) is 9.78 Å². The number of nitrogens with zero attached hydrogens (tertiary/aromatic N) is 1. The predicted molar refractivity (Wildman–Crippen MR) is 62.4 cm³/mol. The normalized spacial score (nSPS) is 10.9. The van der Waals surface area contributed by atoms with Crippen LogP contribution in [0.5, 0.6) is 5.75 Å². The molecule has 0 atom stereocenters. The summed E-state index contributed by atoms with van der Waals surface area (Å²) in [6, 6.07) is 6.64. The van der Waals surface area contributed by atoms with Crippen molar-refractivity contribution in [2.75, 3.05) is 0 Å². The number of carboxylic acid groups (broad SMARTS) is 1. The highest BCUT2D eigenvalue weighted by atomic mass is 16.4. The van der Waals surface area contributed by atoms with Gasteiger partial charge >= 0.3 is 5.97 Å². The zero-order valence-electron chi connectivity index (χ0n) is 9.04. The third kappa shape index (κ3) is 1.43. The zero-order chi connectivity index (χ0) is 12.7. The minimum absolute atomic E-state index is 0.117. The first kappa shape index (κ1) is 10.4. The lowest BCUT2D eigenvalue weighted by atomic mass is 10.2. The highest BCUT2D eigenvalue weighted by Crippen LogP contribution is 2.30. The molecular formula is C12H8N2O4. The molecule has 0 radical (unpaired) electrons. The number of hydrogen-bond donors (Lipinski definition) is 3. The minimum atomic E-state index is -1.17. The number of carbonyl (C=O) groups is 1. The van der Waals surface area contributed by atoms with Crippen molar-refractivity contribution in [3.63, 3.8) is 0 Å². The summed E-state index contributed by atoms with van der Waals surface area (Å²) in [5.74, 6) is -0.911. The second kappa shape index (κ2) is 3.63. The van der Waals surface area contributed by atoms with Crippen LogP contribution >= 0.6 is 0 Å². The fourth-order valence-corrected chi connectivity index (χ4v) is 1.85. The van der Waals surface area contributed by atoms with Crippen molar-refractivity contribution < 1.29 is 19.4 Å². The third-order valence-electron chi connectivity index (χ3n) is 2.66. The summed E-state index contributed by atoms with van der Waals surface area (Å²) in [5.41, 5.74) is 0.986. The van der Waals surface area contributed by atoms with Gasteiger partial charge in [0.25, 0.3) is 0 Å². The van der Waals surface area contributed by atoms with Gasteiger partial charge in [-0.15, -0.1) is 0 Å². The quantitative estimate of drug-likeness (QED) is 0.641. The van der Waals surface area contributed by atoms with E-state index < -0.39 is 5.97 Å². The highest BCUT2D eigenvalue weighted by Gasteiger charge is 2.19. The van der Waals surface area contributed by atoms with Crippen LogP contribution in [0.2, 0.25) is 0 Å². The average molecular weight is 244 g/mol. The van der Waals surface area contributed by atoms with E-state index in [2.05, 4.69) is 9.97 Å². The monoisotopic (exact) mass is 244 g/mol. The van der Waals surface area contributed by atoms with Gasteiger partial charge in [-0.3, -0.25) is 0 Å². The first-order chi connectivity index (χ1) is 8.66. The molecule has 18 heavy (non-hydrogen) atoms. The summed E-state index contributed by atoms with van der Waals surface area (Å²) in [6.45, 7) is 0. The van der Waals surface area contributed by atoms with Crippen LogP contribution < -0.4 is 0 Å². The van der Waals surface area contributed by atoms with E-state index in [-0.39, 0.29) is 17.2 Å². The van der Waals surface area contributed by atoms with E-state index >= 15 is 0 Å². The summed E-state index contributed by atoms with van der Waals surface area (Å²) in [7, 11) is 0. The number of fused-ring (bicyclic) bond motifs is 1. The van der Waals surface area contributed by atoms with Crippen LogP contribution in [0.25, 0.3) is 22.4 Å². The number of oxazole rings is 1. The van der Waals surface area contributed by atoms with E-state index in [1.807, 2.05) is 0 Å². The van der Waals surface area contributed by atoms with E-state index in [0.717, 1.165) is 6.39 Å². The van der Waals surface area contributed by atoms with Crippen molar-refractivity contribution in [1.82, 2.24) is 9.97 Å². The van der Waals surface area contributed by atoms with Gasteiger partial charge in [-0.1, -0.05) is 6.07 Å². The Kier molecular flexibility index (Phi) is 2.09. The van der Waals surface area contributed by atoms with Gasteiger partial charge < -0.3 is 19.6 Å². The van der Waals surface area contributed by atoms with Crippen LogP contribution in [0.3, 0.4) is 0 Å². The van der Waals surface area contributed by atoms with Gasteiger partial charge in [-0.05, 0) is 18.2 Å². The Labute approximate surface area is 101 Å². The lowest BCUT2D eigenvalue weighted by Crippen LogP contribution is -1.98. The van der Waals surface area contributed by atoms with E-state index in [1.54, 1.807) is 24.3 Å². The SMILES string of the molecule is O=C(O)c1ncoc1-c1cc2c(O)cccc2[nH]1. The van der Waals surface area contributed by atoms with Crippen LogP contribution in [0.1, 0.15) is 10.5 Å². The molecule has 0 aliphatic carbocycles. The third-order valence-corrected chi connectivity index (χ3v) is 2.66. The second-order valence-corrected chi connectivity index (χ2v) is 3.76. The first-order valence-corrected chi connectivity index (χ1v) is 5.14. The first-order valence-electron chi connectivity index (χ1n) is 5.14. The fraction of sp³-hybridized carbons (Fsp3) is 0. The number of phenolic OH excluding ortho intramolecular Hbond substituents is 1. The molecule has 0 amide bonds.